The van der Waals surface area contributed by atoms with E-state index in [-0.39, 0.29) is 0 Å². The van der Waals surface area contributed by atoms with Crippen LogP contribution in [0, 0.1) is 3.57 Å². The summed E-state index contributed by atoms with van der Waals surface area (Å²) >= 11 is 8.37. The van der Waals surface area contributed by atoms with Crippen molar-refractivity contribution >= 4 is 34.2 Å². The topological polar surface area (TPSA) is 12.0 Å². The third-order valence-electron chi connectivity index (χ3n) is 2.69. The second kappa shape index (κ2) is 6.62. The largest absolute Gasteiger partial charge is 0.313 e. The Morgan fingerprint density at radius 1 is 1.56 bits per heavy atom. The average molecular weight is 350 g/mol. The highest BCUT2D eigenvalue weighted by Crippen LogP contribution is 2.26. The summed E-state index contributed by atoms with van der Waals surface area (Å²) < 4.78 is 1.09. The molecule has 16 heavy (non-hydrogen) atoms. The summed E-state index contributed by atoms with van der Waals surface area (Å²) in [5.74, 6) is 0. The Hall–Kier alpha value is -0.0600. The zero-order valence-electron chi connectivity index (χ0n) is 9.69. The van der Waals surface area contributed by atoms with Crippen molar-refractivity contribution < 1.29 is 0 Å². The van der Waals surface area contributed by atoms with Gasteiger partial charge in [-0.25, -0.2) is 0 Å². The summed E-state index contributed by atoms with van der Waals surface area (Å²) in [6.07, 6.45) is 1.99. The fourth-order valence-corrected chi connectivity index (χ4v) is 2.07. The van der Waals surface area contributed by atoms with Gasteiger partial charge in [-0.15, -0.1) is 0 Å². The zero-order chi connectivity index (χ0) is 12.1. The number of hydrogen-bond acceptors (Lipinski definition) is 1. The third kappa shape index (κ3) is 3.75. The van der Waals surface area contributed by atoms with Crippen LogP contribution in [0.1, 0.15) is 31.4 Å². The fraction of sp³-hybridized carbons (Fsp3) is 0.385. The quantitative estimate of drug-likeness (QED) is 0.607. The van der Waals surface area contributed by atoms with Crippen LogP contribution in [0.5, 0.6) is 0 Å². The first-order chi connectivity index (χ1) is 7.58. The lowest BCUT2D eigenvalue weighted by Gasteiger charge is -2.18. The smallest absolute Gasteiger partial charge is 0.0542 e. The second-order valence-corrected chi connectivity index (χ2v) is 5.39. The molecule has 1 aromatic rings. The van der Waals surface area contributed by atoms with Crippen LogP contribution in [-0.2, 0) is 0 Å². The van der Waals surface area contributed by atoms with Crippen LogP contribution in [0.2, 0.25) is 5.02 Å². The molecule has 1 unspecified atom stereocenters. The van der Waals surface area contributed by atoms with Gasteiger partial charge in [0.2, 0.25) is 0 Å². The molecule has 0 aliphatic heterocycles. The molecular formula is C13H17ClIN. The number of nitrogens with one attached hydrogen (secondary N) is 1. The Balaban J connectivity index is 2.86. The predicted octanol–water partition coefficient (Wildman–Crippen LogP) is 4.56. The monoisotopic (exact) mass is 349 g/mol. The lowest BCUT2D eigenvalue weighted by atomic mass is 9.99. The lowest BCUT2D eigenvalue weighted by molar-refractivity contribution is 0.582. The highest BCUT2D eigenvalue weighted by atomic mass is 127. The molecule has 0 aromatic heterocycles. The van der Waals surface area contributed by atoms with Crippen molar-refractivity contribution in [2.45, 2.75) is 25.8 Å². The van der Waals surface area contributed by atoms with Crippen molar-refractivity contribution in [2.75, 3.05) is 7.05 Å². The van der Waals surface area contributed by atoms with Gasteiger partial charge in [-0.3, -0.25) is 0 Å². The fourth-order valence-electron chi connectivity index (χ4n) is 1.55. The molecule has 1 aromatic carbocycles. The van der Waals surface area contributed by atoms with Gasteiger partial charge in [-0.1, -0.05) is 36.7 Å². The van der Waals surface area contributed by atoms with E-state index < -0.39 is 0 Å². The summed E-state index contributed by atoms with van der Waals surface area (Å²) in [6.45, 7) is 6.19. The third-order valence-corrected chi connectivity index (χ3v) is 4.26. The van der Waals surface area contributed by atoms with Crippen molar-refractivity contribution in [1.82, 2.24) is 5.32 Å². The first-order valence-electron chi connectivity index (χ1n) is 5.37. The van der Waals surface area contributed by atoms with Gasteiger partial charge in [0, 0.05) is 9.61 Å². The van der Waals surface area contributed by atoms with Crippen molar-refractivity contribution in [3.63, 3.8) is 0 Å². The molecule has 1 N–H and O–H groups in total. The molecule has 1 rings (SSSR count). The summed E-state index contributed by atoms with van der Waals surface area (Å²) in [7, 11) is 1.97. The number of hydrogen-bond donors (Lipinski definition) is 1. The van der Waals surface area contributed by atoms with Crippen LogP contribution in [-0.4, -0.2) is 7.05 Å². The minimum atomic E-state index is 0.307. The summed E-state index contributed by atoms with van der Waals surface area (Å²) in [5.41, 5.74) is 2.48. The second-order valence-electron chi connectivity index (χ2n) is 3.82. The number of halogens is 2. The molecular weight excluding hydrogens is 333 g/mol. The Morgan fingerprint density at radius 3 is 2.75 bits per heavy atom. The van der Waals surface area contributed by atoms with E-state index in [1.165, 1.54) is 11.1 Å². The van der Waals surface area contributed by atoms with Crippen LogP contribution in [0.15, 0.2) is 30.4 Å². The van der Waals surface area contributed by atoms with E-state index in [1.54, 1.807) is 0 Å². The molecule has 0 saturated heterocycles. The summed E-state index contributed by atoms with van der Waals surface area (Å²) in [5, 5.41) is 4.13. The molecule has 1 atom stereocenters. The van der Waals surface area contributed by atoms with Crippen LogP contribution < -0.4 is 5.32 Å². The van der Waals surface area contributed by atoms with E-state index in [4.69, 9.17) is 11.6 Å². The summed E-state index contributed by atoms with van der Waals surface area (Å²) in [6, 6.07) is 6.52. The number of rotatable bonds is 5. The molecule has 3 heteroatoms. The van der Waals surface area contributed by atoms with E-state index in [2.05, 4.69) is 53.5 Å². The standard InChI is InChI=1S/C13H17ClIN/c1-4-9(2)7-13(16-3)10-5-6-12(15)11(14)8-10/h5-6,8,13,16H,2,4,7H2,1,3H3. The van der Waals surface area contributed by atoms with Crippen molar-refractivity contribution in [1.29, 1.82) is 0 Å². The summed E-state index contributed by atoms with van der Waals surface area (Å²) in [4.78, 5) is 0. The van der Waals surface area contributed by atoms with E-state index >= 15 is 0 Å². The van der Waals surface area contributed by atoms with Crippen LogP contribution in [0.25, 0.3) is 0 Å². The van der Waals surface area contributed by atoms with Crippen molar-refractivity contribution in [3.05, 3.63) is 44.5 Å². The molecule has 88 valence electrons. The van der Waals surface area contributed by atoms with Crippen LogP contribution >= 0.6 is 34.2 Å². The Bertz CT molecular complexity index is 376. The zero-order valence-corrected chi connectivity index (χ0v) is 12.6. The minimum Gasteiger partial charge on any atom is -0.313 e. The van der Waals surface area contributed by atoms with Gasteiger partial charge >= 0.3 is 0 Å². The van der Waals surface area contributed by atoms with Gasteiger partial charge in [-0.05, 0) is 60.2 Å². The van der Waals surface area contributed by atoms with Crippen LogP contribution in [0.4, 0.5) is 0 Å². The molecule has 0 heterocycles. The van der Waals surface area contributed by atoms with Crippen molar-refractivity contribution in [2.24, 2.45) is 0 Å². The minimum absolute atomic E-state index is 0.307. The molecule has 0 amide bonds. The maximum Gasteiger partial charge on any atom is 0.0542 e. The van der Waals surface area contributed by atoms with Gasteiger partial charge in [0.25, 0.3) is 0 Å². The van der Waals surface area contributed by atoms with Crippen LogP contribution in [0.3, 0.4) is 0 Å². The van der Waals surface area contributed by atoms with Gasteiger partial charge in [-0.2, -0.15) is 0 Å². The maximum absolute atomic E-state index is 6.13. The molecule has 0 saturated carbocycles. The van der Waals surface area contributed by atoms with Gasteiger partial charge in [0.05, 0.1) is 5.02 Å². The normalized spacial score (nSPS) is 12.5. The Labute approximate surface area is 116 Å². The van der Waals surface area contributed by atoms with E-state index in [1.807, 2.05) is 13.1 Å². The highest BCUT2D eigenvalue weighted by Gasteiger charge is 2.11. The van der Waals surface area contributed by atoms with Gasteiger partial charge < -0.3 is 5.32 Å². The molecule has 0 radical (unpaired) electrons. The van der Waals surface area contributed by atoms with Gasteiger partial charge in [0.15, 0.2) is 0 Å². The first kappa shape index (κ1) is 14.0. The van der Waals surface area contributed by atoms with E-state index in [9.17, 15) is 0 Å². The molecule has 0 fully saturated rings. The number of benzene rings is 1. The first-order valence-corrected chi connectivity index (χ1v) is 6.83. The molecule has 0 spiro atoms. The Morgan fingerprint density at radius 2 is 2.25 bits per heavy atom. The Kier molecular flexibility index (Phi) is 5.79. The van der Waals surface area contributed by atoms with Crippen molar-refractivity contribution in [3.8, 4) is 0 Å². The highest BCUT2D eigenvalue weighted by molar-refractivity contribution is 14.1. The maximum atomic E-state index is 6.13. The molecule has 1 nitrogen and oxygen atoms in total. The van der Waals surface area contributed by atoms with Gasteiger partial charge in [0.1, 0.15) is 0 Å². The lowest BCUT2D eigenvalue weighted by Crippen LogP contribution is -2.16. The molecule has 0 aliphatic carbocycles. The average Bonchev–Trinajstić information content (AvgIpc) is 2.29. The van der Waals surface area contributed by atoms with E-state index in [0.717, 1.165) is 21.4 Å². The molecule has 0 bridgehead atoms. The SMILES string of the molecule is C=C(CC)CC(NC)c1ccc(I)c(Cl)c1. The predicted molar refractivity (Wildman–Crippen MR) is 80.0 cm³/mol. The molecule has 0 aliphatic rings. The van der Waals surface area contributed by atoms with E-state index in [0.29, 0.717) is 6.04 Å².